The van der Waals surface area contributed by atoms with Crippen LogP contribution in [-0.2, 0) is 23.9 Å². The number of anilines is 1. The number of phenolic OH excluding ortho intramolecular Hbond substituents is 1. The molecule has 6 rings (SSSR count). The molecule has 5 amide bonds. The molecular weight excluding hydrogens is 512 g/mol. The molecule has 1 saturated carbocycles. The Labute approximate surface area is 231 Å². The minimum atomic E-state index is -1.17. The SMILES string of the molecule is COC(=O)N1C(=O)[C@H]2[C@H](CC=C3[C@H]2C[C@H]2C(=O)N(c4ccccc4)C(=O)[C@@]2(C)[C@H]3c2cc(C)c(O)c(C)c2)C1=O. The number of nitrogens with zero attached hydrogens (tertiary/aromatic N) is 2. The van der Waals surface area contributed by atoms with Crippen LogP contribution in [0.5, 0.6) is 5.75 Å². The summed E-state index contributed by atoms with van der Waals surface area (Å²) in [5.41, 5.74) is 2.13. The molecule has 4 aliphatic rings. The van der Waals surface area contributed by atoms with Crippen LogP contribution in [0.1, 0.15) is 42.4 Å². The van der Waals surface area contributed by atoms with Crippen molar-refractivity contribution in [1.29, 1.82) is 0 Å². The third-order valence-corrected chi connectivity index (χ3v) is 9.49. The Kier molecular flexibility index (Phi) is 5.76. The Balaban J connectivity index is 1.54. The maximum atomic E-state index is 14.3. The number of hydrogen-bond acceptors (Lipinski definition) is 7. The standard InChI is InChI=1S/C31H30N2O7/c1-15-12-17(13-16(2)25(15)34)24-19-10-11-20-23(28(37)33(26(20)35)30(39)40-4)21(19)14-22-27(36)32(29(38)31(22,24)3)18-8-6-5-7-9-18/h5-10,12-13,20-24,34H,11,14H2,1-4H3/t20-,21+,22-,23-,24-,31+/m0/s1. The highest BCUT2D eigenvalue weighted by Gasteiger charge is 2.68. The largest absolute Gasteiger partial charge is 0.507 e. The summed E-state index contributed by atoms with van der Waals surface area (Å²) in [5.74, 6) is -5.22. The van der Waals surface area contributed by atoms with Crippen molar-refractivity contribution < 1.29 is 33.8 Å². The van der Waals surface area contributed by atoms with Gasteiger partial charge < -0.3 is 9.84 Å². The summed E-state index contributed by atoms with van der Waals surface area (Å²) in [4.78, 5) is 69.3. The van der Waals surface area contributed by atoms with Gasteiger partial charge in [0.25, 0.3) is 0 Å². The van der Waals surface area contributed by atoms with E-state index < -0.39 is 52.9 Å². The number of amides is 5. The van der Waals surface area contributed by atoms with Crippen LogP contribution < -0.4 is 4.90 Å². The number of para-hydroxylation sites is 1. The van der Waals surface area contributed by atoms with Crippen molar-refractivity contribution in [3.63, 3.8) is 0 Å². The molecule has 3 fully saturated rings. The van der Waals surface area contributed by atoms with E-state index in [0.717, 1.165) is 18.2 Å². The first-order valence-electron chi connectivity index (χ1n) is 13.4. The van der Waals surface area contributed by atoms with Crippen LogP contribution in [-0.4, -0.2) is 46.8 Å². The maximum Gasteiger partial charge on any atom is 0.423 e. The molecule has 0 aromatic heterocycles. The van der Waals surface area contributed by atoms with Gasteiger partial charge in [-0.3, -0.25) is 19.2 Å². The van der Waals surface area contributed by atoms with Gasteiger partial charge in [0.15, 0.2) is 0 Å². The molecule has 40 heavy (non-hydrogen) atoms. The first-order chi connectivity index (χ1) is 19.0. The first kappa shape index (κ1) is 26.0. The van der Waals surface area contributed by atoms with Crippen LogP contribution in [0.2, 0.25) is 0 Å². The Bertz CT molecular complexity index is 1510. The summed E-state index contributed by atoms with van der Waals surface area (Å²) in [5, 5.41) is 10.5. The van der Waals surface area contributed by atoms with E-state index in [9.17, 15) is 29.1 Å². The molecule has 0 unspecified atom stereocenters. The molecule has 2 saturated heterocycles. The lowest BCUT2D eigenvalue weighted by Crippen LogP contribution is -2.49. The summed E-state index contributed by atoms with van der Waals surface area (Å²) in [6.45, 7) is 5.37. The zero-order valence-electron chi connectivity index (χ0n) is 22.7. The van der Waals surface area contributed by atoms with E-state index in [0.29, 0.717) is 21.7 Å². The maximum absolute atomic E-state index is 14.3. The van der Waals surface area contributed by atoms with E-state index in [-0.39, 0.29) is 30.4 Å². The summed E-state index contributed by atoms with van der Waals surface area (Å²) >= 11 is 0. The smallest absolute Gasteiger partial charge is 0.423 e. The highest BCUT2D eigenvalue weighted by molar-refractivity contribution is 6.24. The topological polar surface area (TPSA) is 121 Å². The van der Waals surface area contributed by atoms with E-state index in [1.54, 1.807) is 38.1 Å². The van der Waals surface area contributed by atoms with Crippen molar-refractivity contribution in [2.45, 2.75) is 39.5 Å². The van der Waals surface area contributed by atoms with Gasteiger partial charge in [0.05, 0.1) is 36.0 Å². The number of rotatable bonds is 2. The van der Waals surface area contributed by atoms with Crippen LogP contribution in [0.4, 0.5) is 10.5 Å². The number of imide groups is 4. The van der Waals surface area contributed by atoms with Gasteiger partial charge in [0, 0.05) is 5.92 Å². The number of ether oxygens (including phenoxy) is 1. The van der Waals surface area contributed by atoms with Crippen LogP contribution in [0.3, 0.4) is 0 Å². The Morgan fingerprint density at radius 3 is 2.25 bits per heavy atom. The number of hydrogen-bond donors (Lipinski definition) is 1. The molecule has 2 aliphatic carbocycles. The van der Waals surface area contributed by atoms with Crippen molar-refractivity contribution in [2.24, 2.45) is 29.1 Å². The molecule has 6 atom stereocenters. The number of likely N-dealkylation sites (tertiary alicyclic amines) is 1. The molecule has 2 aromatic rings. The van der Waals surface area contributed by atoms with E-state index in [1.807, 2.05) is 31.2 Å². The third kappa shape index (κ3) is 3.29. The molecule has 206 valence electrons. The zero-order chi connectivity index (χ0) is 28.7. The van der Waals surface area contributed by atoms with E-state index in [2.05, 4.69) is 0 Å². The quantitative estimate of drug-likeness (QED) is 0.450. The lowest BCUT2D eigenvalue weighted by Gasteiger charge is -2.49. The fraction of sp³-hybridized carbons (Fsp3) is 0.387. The van der Waals surface area contributed by atoms with Crippen LogP contribution in [0.15, 0.2) is 54.1 Å². The van der Waals surface area contributed by atoms with Crippen molar-refractivity contribution >= 4 is 35.4 Å². The molecule has 9 heteroatoms. The molecule has 2 aliphatic heterocycles. The zero-order valence-corrected chi connectivity index (χ0v) is 22.7. The molecule has 1 N–H and O–H groups in total. The number of fused-ring (bicyclic) bond motifs is 4. The van der Waals surface area contributed by atoms with Gasteiger partial charge in [-0.1, -0.05) is 42.0 Å². The van der Waals surface area contributed by atoms with Crippen molar-refractivity contribution in [3.8, 4) is 5.75 Å². The molecule has 0 radical (unpaired) electrons. The number of benzene rings is 2. The molecule has 0 bridgehead atoms. The first-order valence-corrected chi connectivity index (χ1v) is 13.4. The Hall–Kier alpha value is -4.27. The van der Waals surface area contributed by atoms with Crippen LogP contribution in [0.25, 0.3) is 0 Å². The minimum Gasteiger partial charge on any atom is -0.507 e. The highest BCUT2D eigenvalue weighted by Crippen LogP contribution is 2.63. The summed E-state index contributed by atoms with van der Waals surface area (Å²) in [7, 11) is 1.12. The number of phenols is 1. The second-order valence-corrected chi connectivity index (χ2v) is 11.5. The molecule has 2 aromatic carbocycles. The van der Waals surface area contributed by atoms with Gasteiger partial charge in [-0.2, -0.15) is 4.90 Å². The Morgan fingerprint density at radius 1 is 0.975 bits per heavy atom. The number of carbonyl (C=O) groups excluding carboxylic acids is 5. The summed E-state index contributed by atoms with van der Waals surface area (Å²) in [6.07, 6.45) is 1.32. The number of aromatic hydroxyl groups is 1. The fourth-order valence-electron chi connectivity index (χ4n) is 7.65. The monoisotopic (exact) mass is 542 g/mol. The van der Waals surface area contributed by atoms with Gasteiger partial charge in [-0.25, -0.2) is 9.69 Å². The molecule has 0 spiro atoms. The van der Waals surface area contributed by atoms with Gasteiger partial charge in [-0.15, -0.1) is 0 Å². The number of aryl methyl sites for hydroxylation is 2. The average Bonchev–Trinajstić information content (AvgIpc) is 3.31. The van der Waals surface area contributed by atoms with Crippen molar-refractivity contribution in [2.75, 3.05) is 12.0 Å². The fourth-order valence-corrected chi connectivity index (χ4v) is 7.65. The molecule has 9 nitrogen and oxygen atoms in total. The number of methoxy groups -OCH3 is 1. The summed E-state index contributed by atoms with van der Waals surface area (Å²) < 4.78 is 4.72. The second kappa shape index (κ2) is 8.87. The highest BCUT2D eigenvalue weighted by atomic mass is 16.5. The van der Waals surface area contributed by atoms with E-state index in [1.165, 1.54) is 4.90 Å². The number of allylic oxidation sites excluding steroid dienone is 2. The molecular formula is C31H30N2O7. The lowest BCUT2D eigenvalue weighted by molar-refractivity contribution is -0.138. The minimum absolute atomic E-state index is 0.153. The predicted octanol–water partition coefficient (Wildman–Crippen LogP) is 4.01. The van der Waals surface area contributed by atoms with Gasteiger partial charge in [-0.05, 0) is 68.4 Å². The van der Waals surface area contributed by atoms with Gasteiger partial charge >= 0.3 is 6.09 Å². The second-order valence-electron chi connectivity index (χ2n) is 11.5. The number of carbonyl (C=O) groups is 5. The van der Waals surface area contributed by atoms with Gasteiger partial charge in [0.2, 0.25) is 23.6 Å². The van der Waals surface area contributed by atoms with E-state index >= 15 is 0 Å². The predicted molar refractivity (Wildman–Crippen MR) is 143 cm³/mol. The summed E-state index contributed by atoms with van der Waals surface area (Å²) in [6, 6.07) is 12.4. The van der Waals surface area contributed by atoms with Crippen LogP contribution >= 0.6 is 0 Å². The van der Waals surface area contributed by atoms with Crippen molar-refractivity contribution in [3.05, 3.63) is 70.8 Å². The van der Waals surface area contributed by atoms with Crippen molar-refractivity contribution in [1.82, 2.24) is 4.90 Å². The molecule has 2 heterocycles. The third-order valence-electron chi connectivity index (χ3n) is 9.49. The normalized spacial score (nSPS) is 31.1. The van der Waals surface area contributed by atoms with Gasteiger partial charge in [0.1, 0.15) is 5.75 Å². The average molecular weight is 543 g/mol. The Morgan fingerprint density at radius 2 is 1.62 bits per heavy atom. The van der Waals surface area contributed by atoms with E-state index in [4.69, 9.17) is 4.74 Å². The lowest BCUT2D eigenvalue weighted by atomic mass is 9.51. The van der Waals surface area contributed by atoms with Crippen LogP contribution in [0, 0.1) is 42.9 Å².